The normalized spacial score (nSPS) is 15.9. The summed E-state index contributed by atoms with van der Waals surface area (Å²) in [5.41, 5.74) is 8.81. The van der Waals surface area contributed by atoms with E-state index in [0.29, 0.717) is 6.42 Å². The molecular formula is C14H28N5O2Si+. The summed E-state index contributed by atoms with van der Waals surface area (Å²) in [4.78, 5) is 5.73. The van der Waals surface area contributed by atoms with Gasteiger partial charge in [0.25, 0.3) is 0 Å². The average molecular weight is 326 g/mol. The monoisotopic (exact) mass is 326 g/mol. The molecule has 0 amide bonds. The van der Waals surface area contributed by atoms with Crippen molar-refractivity contribution in [2.24, 2.45) is 11.0 Å². The Bertz CT molecular complexity index is 484. The zero-order valence-corrected chi connectivity index (χ0v) is 15.6. The molecule has 22 heavy (non-hydrogen) atoms. The van der Waals surface area contributed by atoms with Crippen LogP contribution in [0.1, 0.15) is 41.0 Å². The first-order chi connectivity index (χ1) is 9.96. The van der Waals surface area contributed by atoms with Crippen LogP contribution in [-0.4, -0.2) is 25.6 Å². The van der Waals surface area contributed by atoms with Crippen LogP contribution in [0.2, 0.25) is 18.1 Å². The summed E-state index contributed by atoms with van der Waals surface area (Å²) in [5, 5.41) is 22.6. The number of aliphatic hydroxyl groups excluding tert-OH is 1. The van der Waals surface area contributed by atoms with E-state index in [1.54, 1.807) is 0 Å². The predicted molar refractivity (Wildman–Crippen MR) is 90.3 cm³/mol. The maximum absolute atomic E-state index is 10.2. The van der Waals surface area contributed by atoms with Crippen LogP contribution in [0.5, 0.6) is 0 Å². The Morgan fingerprint density at radius 2 is 1.95 bits per heavy atom. The third-order valence-corrected chi connectivity index (χ3v) is 8.43. The highest BCUT2D eigenvalue weighted by molar-refractivity contribution is 6.74. The molecular weight excluding hydrogens is 298 g/mol. The Hall–Kier alpha value is -1.55. The quantitative estimate of drug-likeness (QED) is 0.170. The van der Waals surface area contributed by atoms with Gasteiger partial charge in [-0.2, -0.15) is 0 Å². The maximum Gasteiger partial charge on any atom is 0.390 e. The molecule has 7 nitrogen and oxygen atoms in total. The molecule has 124 valence electrons. The fourth-order valence-corrected chi connectivity index (χ4v) is 3.01. The third-order valence-electron chi connectivity index (χ3n) is 3.97. The second-order valence-corrected chi connectivity index (χ2v) is 12.1. The minimum absolute atomic E-state index is 0.0688. The van der Waals surface area contributed by atoms with Crippen LogP contribution in [0.4, 0.5) is 0 Å². The summed E-state index contributed by atoms with van der Waals surface area (Å²) in [5.74, 6) is 0.0326. The molecule has 0 unspecified atom stereocenters. The van der Waals surface area contributed by atoms with E-state index in [4.69, 9.17) is 15.3 Å². The van der Waals surface area contributed by atoms with Crippen molar-refractivity contribution in [1.82, 2.24) is 0 Å². The highest BCUT2D eigenvalue weighted by Crippen LogP contribution is 2.39. The lowest BCUT2D eigenvalue weighted by Gasteiger charge is -2.40. The van der Waals surface area contributed by atoms with Gasteiger partial charge in [-0.05, 0) is 36.0 Å². The molecule has 0 rings (SSSR count). The van der Waals surface area contributed by atoms with Crippen LogP contribution >= 0.6 is 0 Å². The summed E-state index contributed by atoms with van der Waals surface area (Å²) in [7, 11) is -2.21. The Kier molecular flexibility index (Phi) is 7.60. The van der Waals surface area contributed by atoms with E-state index in [2.05, 4.69) is 35.8 Å². The number of diazo groups is 1. The first-order valence-corrected chi connectivity index (χ1v) is 10.3. The zero-order chi connectivity index (χ0) is 17.6. The van der Waals surface area contributed by atoms with E-state index in [0.717, 1.165) is 6.20 Å². The van der Waals surface area contributed by atoms with Crippen molar-refractivity contribution in [1.29, 1.82) is 5.39 Å². The molecule has 0 fully saturated rings. The van der Waals surface area contributed by atoms with Gasteiger partial charge in [0.2, 0.25) is 11.2 Å². The number of rotatable bonds is 7. The van der Waals surface area contributed by atoms with Gasteiger partial charge in [0, 0.05) is 4.91 Å². The smallest absolute Gasteiger partial charge is 0.390 e. The van der Waals surface area contributed by atoms with Gasteiger partial charge in [-0.1, -0.05) is 39.7 Å². The lowest BCUT2D eigenvalue weighted by atomic mass is 9.99. The Morgan fingerprint density at radius 3 is 2.32 bits per heavy atom. The van der Waals surface area contributed by atoms with Gasteiger partial charge in [-0.15, -0.1) is 0 Å². The summed E-state index contributed by atoms with van der Waals surface area (Å²) in [6, 6.07) is -0.558. The highest BCUT2D eigenvalue weighted by Gasteiger charge is 2.42. The number of hydrogen-bond donors (Lipinski definition) is 1. The molecule has 0 aliphatic carbocycles. The molecule has 2 atom stereocenters. The molecule has 0 aliphatic rings. The first-order valence-electron chi connectivity index (χ1n) is 7.41. The maximum atomic E-state index is 10.2. The Labute approximate surface area is 133 Å². The van der Waals surface area contributed by atoms with E-state index < -0.39 is 20.5 Å². The number of azide groups is 1. The molecule has 0 saturated heterocycles. The van der Waals surface area contributed by atoms with E-state index >= 15 is 0 Å². The zero-order valence-electron chi connectivity index (χ0n) is 14.6. The minimum atomic E-state index is -2.21. The van der Waals surface area contributed by atoms with Crippen molar-refractivity contribution >= 4 is 8.32 Å². The fourth-order valence-electron chi connectivity index (χ4n) is 1.74. The summed E-state index contributed by atoms with van der Waals surface area (Å²) in [6.45, 7) is 14.3. The van der Waals surface area contributed by atoms with Gasteiger partial charge in [-0.25, -0.2) is 0 Å². The summed E-state index contributed by atoms with van der Waals surface area (Å²) in [6.07, 6.45) is 0.681. The van der Waals surface area contributed by atoms with Gasteiger partial charge in [0.15, 0.2) is 13.3 Å². The number of hydrogen-bond acceptors (Lipinski definition) is 4. The highest BCUT2D eigenvalue weighted by atomic mass is 28.4. The van der Waals surface area contributed by atoms with Crippen LogP contribution in [0.15, 0.2) is 17.1 Å². The third kappa shape index (κ3) is 6.06. The van der Waals surface area contributed by atoms with Gasteiger partial charge >= 0.3 is 6.20 Å². The Morgan fingerprint density at radius 1 is 1.41 bits per heavy atom. The second kappa shape index (κ2) is 8.18. The van der Waals surface area contributed by atoms with Crippen molar-refractivity contribution in [3.63, 3.8) is 0 Å². The van der Waals surface area contributed by atoms with Gasteiger partial charge in [-0.3, -0.25) is 0 Å². The van der Waals surface area contributed by atoms with Gasteiger partial charge in [0.1, 0.15) is 6.10 Å². The fraction of sp³-hybridized carbons (Fsp3) is 0.857. The van der Waals surface area contributed by atoms with Crippen LogP contribution in [0.3, 0.4) is 0 Å². The van der Waals surface area contributed by atoms with Crippen molar-refractivity contribution in [3.8, 4) is 0 Å². The molecule has 0 saturated carbocycles. The lowest BCUT2D eigenvalue weighted by Crippen LogP contribution is -2.47. The molecule has 8 heteroatoms. The molecule has 0 aromatic rings. The number of nitrogens with zero attached hydrogens (tertiary/aromatic N) is 5. The second-order valence-electron chi connectivity index (χ2n) is 7.37. The van der Waals surface area contributed by atoms with Crippen molar-refractivity contribution in [2.75, 3.05) is 0 Å². The largest absolute Gasteiger partial charge is 0.504 e. The SMILES string of the molecule is CC(C)C[C@@H](N=[N+]=[N-])[C@@H](O[Si](C)(C)C(C)(C)C)/C(O)=C/[N+]#N. The first kappa shape index (κ1) is 20.4. The molecule has 0 radical (unpaired) electrons. The van der Waals surface area contributed by atoms with Crippen LogP contribution in [-0.2, 0) is 4.43 Å². The van der Waals surface area contributed by atoms with E-state index in [-0.39, 0.29) is 16.7 Å². The standard InChI is InChI=1S/C14H27N5O2Si/c1-10(2)8-11(18-19-16)13(12(20)9-17-15)21-22(6,7)14(3,4)5/h9-11,13H,8H2,1-7H3/p+1/b12-9-/t11-,13-/m1/s1. The predicted octanol–water partition coefficient (Wildman–Crippen LogP) is 5.35. The van der Waals surface area contributed by atoms with Crippen LogP contribution in [0, 0.1) is 11.3 Å². The van der Waals surface area contributed by atoms with Crippen molar-refractivity contribution < 1.29 is 9.53 Å². The lowest BCUT2D eigenvalue weighted by molar-refractivity contribution is 0.127. The molecule has 0 aromatic heterocycles. The topological polar surface area (TPSA) is 106 Å². The van der Waals surface area contributed by atoms with E-state index in [9.17, 15) is 5.11 Å². The summed E-state index contributed by atoms with van der Waals surface area (Å²) < 4.78 is 6.22. The van der Waals surface area contributed by atoms with E-state index in [1.807, 2.05) is 26.9 Å². The molecule has 0 bridgehead atoms. The molecule has 1 N–H and O–H groups in total. The number of aliphatic hydroxyl groups is 1. The van der Waals surface area contributed by atoms with Crippen molar-refractivity contribution in [3.05, 3.63) is 27.4 Å². The van der Waals surface area contributed by atoms with Crippen LogP contribution < -0.4 is 0 Å². The average Bonchev–Trinajstić information content (AvgIpc) is 2.33. The van der Waals surface area contributed by atoms with Crippen molar-refractivity contribution in [2.45, 2.75) is 71.3 Å². The molecule has 0 aliphatic heterocycles. The molecule has 0 heterocycles. The minimum Gasteiger partial charge on any atom is -0.504 e. The van der Waals surface area contributed by atoms with Crippen LogP contribution in [0.25, 0.3) is 15.4 Å². The molecule has 0 aromatic carbocycles. The van der Waals surface area contributed by atoms with Gasteiger partial charge in [0.05, 0.1) is 6.04 Å². The molecule has 0 spiro atoms. The Balaban J connectivity index is 5.68. The van der Waals surface area contributed by atoms with E-state index in [1.165, 1.54) is 0 Å². The van der Waals surface area contributed by atoms with Gasteiger partial charge < -0.3 is 9.53 Å². The summed E-state index contributed by atoms with van der Waals surface area (Å²) >= 11 is 0.